The fourth-order valence-electron chi connectivity index (χ4n) is 1.28. The van der Waals surface area contributed by atoms with Crippen molar-refractivity contribution in [3.63, 3.8) is 0 Å². The van der Waals surface area contributed by atoms with E-state index in [9.17, 15) is 14.5 Å². The molecule has 0 spiro atoms. The molecule has 1 aromatic carbocycles. The zero-order valence-electron chi connectivity index (χ0n) is 7.88. The van der Waals surface area contributed by atoms with Gasteiger partial charge in [0, 0.05) is 5.56 Å². The Morgan fingerprint density at radius 1 is 1.44 bits per heavy atom. The SMILES string of the molecule is Nc1nc(-c2ccccc2F)c([N+](=O)[O-])s1. The van der Waals surface area contributed by atoms with E-state index >= 15 is 0 Å². The van der Waals surface area contributed by atoms with Crippen LogP contribution in [0.5, 0.6) is 0 Å². The highest BCUT2D eigenvalue weighted by atomic mass is 32.1. The van der Waals surface area contributed by atoms with Crippen molar-refractivity contribution in [1.29, 1.82) is 0 Å². The van der Waals surface area contributed by atoms with Crippen molar-refractivity contribution in [2.24, 2.45) is 0 Å². The molecule has 0 aliphatic rings. The Kier molecular flexibility index (Phi) is 2.53. The van der Waals surface area contributed by atoms with Crippen molar-refractivity contribution in [2.45, 2.75) is 0 Å². The molecule has 0 fully saturated rings. The molecule has 0 radical (unpaired) electrons. The molecule has 1 aromatic heterocycles. The van der Waals surface area contributed by atoms with Crippen LogP contribution in [0.2, 0.25) is 0 Å². The highest BCUT2D eigenvalue weighted by molar-refractivity contribution is 7.19. The first kappa shape index (κ1) is 10.5. The van der Waals surface area contributed by atoms with E-state index in [1.54, 1.807) is 6.07 Å². The van der Waals surface area contributed by atoms with Crippen LogP contribution in [0, 0.1) is 15.9 Å². The van der Waals surface area contributed by atoms with Gasteiger partial charge in [-0.3, -0.25) is 10.1 Å². The first-order valence-corrected chi connectivity index (χ1v) is 5.07. The number of benzene rings is 1. The number of anilines is 1. The standard InChI is InChI=1S/C9H6FN3O2S/c10-6-4-2-1-3-5(6)7-8(13(14)15)16-9(11)12-7/h1-4H,(H2,11,12). The summed E-state index contributed by atoms with van der Waals surface area (Å²) in [5.41, 5.74) is 5.45. The van der Waals surface area contributed by atoms with Crippen molar-refractivity contribution in [2.75, 3.05) is 5.73 Å². The highest BCUT2D eigenvalue weighted by Gasteiger charge is 2.23. The number of nitrogens with two attached hydrogens (primary N) is 1. The molecule has 1 heterocycles. The predicted molar refractivity (Wildman–Crippen MR) is 58.6 cm³/mol. The van der Waals surface area contributed by atoms with E-state index in [0.717, 1.165) is 11.3 Å². The predicted octanol–water partition coefficient (Wildman–Crippen LogP) is 2.44. The fourth-order valence-corrected chi connectivity index (χ4v) is 1.94. The molecule has 2 rings (SSSR count). The van der Waals surface area contributed by atoms with Gasteiger partial charge in [0.15, 0.2) is 10.8 Å². The van der Waals surface area contributed by atoms with E-state index in [-0.39, 0.29) is 21.4 Å². The fraction of sp³-hybridized carbons (Fsp3) is 0. The van der Waals surface area contributed by atoms with Gasteiger partial charge in [0.25, 0.3) is 0 Å². The van der Waals surface area contributed by atoms with Crippen molar-refractivity contribution >= 4 is 21.5 Å². The number of nitrogen functional groups attached to an aromatic ring is 1. The lowest BCUT2D eigenvalue weighted by Crippen LogP contribution is -1.90. The summed E-state index contributed by atoms with van der Waals surface area (Å²) in [4.78, 5) is 13.9. The molecule has 0 aliphatic heterocycles. The molecule has 16 heavy (non-hydrogen) atoms. The molecule has 82 valence electrons. The molecule has 0 atom stereocenters. The lowest BCUT2D eigenvalue weighted by Gasteiger charge is -1.97. The average Bonchev–Trinajstić information content (AvgIpc) is 2.61. The summed E-state index contributed by atoms with van der Waals surface area (Å²) < 4.78 is 13.4. The van der Waals surface area contributed by atoms with Gasteiger partial charge in [-0.15, -0.1) is 0 Å². The number of aromatic nitrogens is 1. The number of hydrogen-bond acceptors (Lipinski definition) is 5. The van der Waals surface area contributed by atoms with Gasteiger partial charge < -0.3 is 5.73 Å². The largest absolute Gasteiger partial charge is 0.375 e. The smallest absolute Gasteiger partial charge is 0.353 e. The Balaban J connectivity index is 2.64. The van der Waals surface area contributed by atoms with Gasteiger partial charge in [0.05, 0.1) is 4.92 Å². The number of hydrogen-bond donors (Lipinski definition) is 1. The molecular weight excluding hydrogens is 233 g/mol. The summed E-state index contributed by atoms with van der Waals surface area (Å²) in [5.74, 6) is -0.559. The summed E-state index contributed by atoms with van der Waals surface area (Å²) in [6.07, 6.45) is 0. The zero-order valence-corrected chi connectivity index (χ0v) is 8.70. The molecule has 0 bridgehead atoms. The summed E-state index contributed by atoms with van der Waals surface area (Å²) in [5, 5.41) is 10.5. The Morgan fingerprint density at radius 2 is 2.12 bits per heavy atom. The molecule has 2 aromatic rings. The van der Waals surface area contributed by atoms with Crippen molar-refractivity contribution in [3.05, 3.63) is 40.2 Å². The molecule has 5 nitrogen and oxygen atoms in total. The van der Waals surface area contributed by atoms with Crippen LogP contribution in [0.3, 0.4) is 0 Å². The number of nitrogens with zero attached hydrogens (tertiary/aromatic N) is 2. The lowest BCUT2D eigenvalue weighted by atomic mass is 10.1. The Bertz CT molecular complexity index is 555. The van der Waals surface area contributed by atoms with Crippen molar-refractivity contribution < 1.29 is 9.31 Å². The van der Waals surface area contributed by atoms with Crippen molar-refractivity contribution in [3.8, 4) is 11.3 Å². The minimum Gasteiger partial charge on any atom is -0.375 e. The minimum atomic E-state index is -0.615. The zero-order chi connectivity index (χ0) is 11.7. The van der Waals surface area contributed by atoms with Gasteiger partial charge in [0.1, 0.15) is 5.82 Å². The molecule has 7 heteroatoms. The molecule has 0 unspecified atom stereocenters. The van der Waals surface area contributed by atoms with Crippen LogP contribution in [-0.2, 0) is 0 Å². The van der Waals surface area contributed by atoms with E-state index < -0.39 is 10.7 Å². The van der Waals surface area contributed by atoms with Gasteiger partial charge >= 0.3 is 5.00 Å². The number of nitro groups is 1. The van der Waals surface area contributed by atoms with Gasteiger partial charge in [-0.1, -0.05) is 12.1 Å². The first-order valence-electron chi connectivity index (χ1n) is 4.25. The van der Waals surface area contributed by atoms with E-state index in [0.29, 0.717) is 0 Å². The maximum absolute atomic E-state index is 13.4. The van der Waals surface area contributed by atoms with Crippen molar-refractivity contribution in [1.82, 2.24) is 4.98 Å². The second kappa shape index (κ2) is 3.86. The molecule has 0 aliphatic carbocycles. The second-order valence-corrected chi connectivity index (χ2v) is 3.95. The molecular formula is C9H6FN3O2S. The average molecular weight is 239 g/mol. The number of rotatable bonds is 2. The van der Waals surface area contributed by atoms with Crippen LogP contribution < -0.4 is 5.73 Å². The molecule has 0 amide bonds. The van der Waals surface area contributed by atoms with Crippen LogP contribution in [0.15, 0.2) is 24.3 Å². The third-order valence-electron chi connectivity index (χ3n) is 1.92. The van der Waals surface area contributed by atoms with Crippen LogP contribution in [0.1, 0.15) is 0 Å². The maximum Gasteiger partial charge on any atom is 0.353 e. The minimum absolute atomic E-state index is 0.0226. The highest BCUT2D eigenvalue weighted by Crippen LogP contribution is 2.36. The topological polar surface area (TPSA) is 82.0 Å². The van der Waals surface area contributed by atoms with Gasteiger partial charge in [-0.05, 0) is 23.5 Å². The quantitative estimate of drug-likeness (QED) is 0.644. The first-order chi connectivity index (χ1) is 7.59. The van der Waals surface area contributed by atoms with E-state index in [4.69, 9.17) is 5.73 Å². The van der Waals surface area contributed by atoms with Crippen LogP contribution in [-0.4, -0.2) is 9.91 Å². The van der Waals surface area contributed by atoms with Crippen LogP contribution >= 0.6 is 11.3 Å². The van der Waals surface area contributed by atoms with Gasteiger partial charge in [0.2, 0.25) is 0 Å². The van der Waals surface area contributed by atoms with E-state index in [1.165, 1.54) is 18.2 Å². The molecule has 2 N–H and O–H groups in total. The van der Waals surface area contributed by atoms with Gasteiger partial charge in [-0.25, -0.2) is 9.37 Å². The van der Waals surface area contributed by atoms with Gasteiger partial charge in [-0.2, -0.15) is 0 Å². The Hall–Kier alpha value is -2.02. The summed E-state index contributed by atoms with van der Waals surface area (Å²) in [7, 11) is 0. The summed E-state index contributed by atoms with van der Waals surface area (Å²) in [6.45, 7) is 0. The normalized spacial score (nSPS) is 10.3. The van der Waals surface area contributed by atoms with E-state index in [2.05, 4.69) is 4.98 Å². The van der Waals surface area contributed by atoms with Crippen LogP contribution in [0.4, 0.5) is 14.5 Å². The third kappa shape index (κ3) is 1.72. The Morgan fingerprint density at radius 3 is 2.75 bits per heavy atom. The molecule has 0 saturated carbocycles. The monoisotopic (exact) mass is 239 g/mol. The third-order valence-corrected chi connectivity index (χ3v) is 2.76. The van der Waals surface area contributed by atoms with E-state index in [1.807, 2.05) is 0 Å². The second-order valence-electron chi connectivity index (χ2n) is 2.94. The number of thiazole rings is 1. The lowest BCUT2D eigenvalue weighted by molar-refractivity contribution is -0.379. The molecule has 0 saturated heterocycles. The summed E-state index contributed by atoms with van der Waals surface area (Å²) in [6, 6.07) is 5.73. The number of halogens is 1. The van der Waals surface area contributed by atoms with Crippen LogP contribution in [0.25, 0.3) is 11.3 Å². The Labute approximate surface area is 93.5 Å². The summed E-state index contributed by atoms with van der Waals surface area (Å²) >= 11 is 0.727. The maximum atomic E-state index is 13.4.